The number of Topliss-reactive ketones (excluding diaryl/α,β-unsaturated/α-hetero) is 1. The first kappa shape index (κ1) is 26.9. The van der Waals surface area contributed by atoms with Gasteiger partial charge in [0, 0.05) is 31.3 Å². The number of aryl methyl sites for hydroxylation is 2. The van der Waals surface area contributed by atoms with Crippen molar-refractivity contribution >= 4 is 40.0 Å². The molecule has 0 bridgehead atoms. The fourth-order valence-corrected chi connectivity index (χ4v) is 4.49. The van der Waals surface area contributed by atoms with E-state index in [9.17, 15) is 32.3 Å². The van der Waals surface area contributed by atoms with E-state index < -0.39 is 41.4 Å². The molecule has 38 heavy (non-hydrogen) atoms. The van der Waals surface area contributed by atoms with E-state index in [0.717, 1.165) is 26.7 Å². The number of carbonyl (C=O) groups excluding carboxylic acids is 2. The molecule has 1 amide bonds. The lowest BCUT2D eigenvalue weighted by atomic mass is 10.1. The van der Waals surface area contributed by atoms with Gasteiger partial charge in [-0.3, -0.25) is 28.5 Å². The van der Waals surface area contributed by atoms with Crippen LogP contribution in [0, 0.1) is 6.92 Å². The minimum atomic E-state index is -4.57. The normalized spacial score (nSPS) is 11.7. The first-order valence-electron chi connectivity index (χ1n) is 10.9. The number of ether oxygens (including phenoxy) is 1. The standard InChI is InChI=1S/C22H20F3N7O5S/c1-11-4-12(5-26-17(11)22(23,24)25)19-29-14(9-38-19)28-15(34)7-31-10-27-18-16(31)20(35)32(21(36)30(18)2)6-13(33)8-37-3/h4-5,9-10H,6-8H2,1-3H3,(H,28,34). The zero-order valence-electron chi connectivity index (χ0n) is 20.2. The number of anilines is 1. The molecule has 200 valence electrons. The van der Waals surface area contributed by atoms with Crippen LogP contribution in [-0.4, -0.2) is 54.1 Å². The molecule has 0 atom stereocenters. The molecule has 4 aromatic heterocycles. The maximum absolute atomic E-state index is 13.0. The molecule has 0 aliphatic rings. The summed E-state index contributed by atoms with van der Waals surface area (Å²) in [4.78, 5) is 62.0. The maximum atomic E-state index is 13.0. The Morgan fingerprint density at radius 3 is 2.58 bits per heavy atom. The van der Waals surface area contributed by atoms with Gasteiger partial charge in [-0.15, -0.1) is 11.3 Å². The van der Waals surface area contributed by atoms with E-state index in [1.165, 1.54) is 43.4 Å². The molecule has 16 heteroatoms. The molecule has 4 rings (SSSR count). The van der Waals surface area contributed by atoms with Gasteiger partial charge < -0.3 is 14.6 Å². The van der Waals surface area contributed by atoms with Crippen molar-refractivity contribution in [2.75, 3.05) is 19.0 Å². The van der Waals surface area contributed by atoms with Crippen molar-refractivity contribution in [3.8, 4) is 10.6 Å². The van der Waals surface area contributed by atoms with E-state index in [1.54, 1.807) is 0 Å². The van der Waals surface area contributed by atoms with Crippen LogP contribution < -0.4 is 16.6 Å². The highest BCUT2D eigenvalue weighted by Gasteiger charge is 2.34. The number of methoxy groups -OCH3 is 1. The average Bonchev–Trinajstić information content (AvgIpc) is 3.47. The van der Waals surface area contributed by atoms with Gasteiger partial charge in [0.25, 0.3) is 5.56 Å². The molecule has 0 unspecified atom stereocenters. The van der Waals surface area contributed by atoms with Crippen LogP contribution in [0.4, 0.5) is 19.0 Å². The van der Waals surface area contributed by atoms with Crippen molar-refractivity contribution in [3.05, 3.63) is 56.1 Å². The highest BCUT2D eigenvalue weighted by atomic mass is 32.1. The van der Waals surface area contributed by atoms with Gasteiger partial charge in [0.2, 0.25) is 5.91 Å². The van der Waals surface area contributed by atoms with Crippen LogP contribution in [0.15, 0.2) is 33.6 Å². The largest absolute Gasteiger partial charge is 0.433 e. The van der Waals surface area contributed by atoms with E-state index >= 15 is 0 Å². The number of nitrogens with zero attached hydrogens (tertiary/aromatic N) is 6. The molecular weight excluding hydrogens is 531 g/mol. The van der Waals surface area contributed by atoms with Crippen LogP contribution in [0.25, 0.3) is 21.7 Å². The predicted octanol–water partition coefficient (Wildman–Crippen LogP) is 1.60. The van der Waals surface area contributed by atoms with Crippen molar-refractivity contribution in [1.29, 1.82) is 0 Å². The zero-order chi connectivity index (χ0) is 27.8. The summed E-state index contributed by atoms with van der Waals surface area (Å²) >= 11 is 1.09. The van der Waals surface area contributed by atoms with Crippen LogP contribution in [0.2, 0.25) is 0 Å². The molecule has 1 N–H and O–H groups in total. The Bertz CT molecular complexity index is 1670. The van der Waals surface area contributed by atoms with Crippen LogP contribution in [0.1, 0.15) is 11.3 Å². The number of amides is 1. The number of aromatic nitrogens is 6. The summed E-state index contributed by atoms with van der Waals surface area (Å²) in [5.41, 5.74) is -2.26. The summed E-state index contributed by atoms with van der Waals surface area (Å²) in [5.74, 6) is -0.933. The molecule has 0 radical (unpaired) electrons. The van der Waals surface area contributed by atoms with Crippen molar-refractivity contribution in [2.45, 2.75) is 26.2 Å². The Morgan fingerprint density at radius 2 is 1.92 bits per heavy atom. The molecular formula is C22H20F3N7O5S. The van der Waals surface area contributed by atoms with Crippen LogP contribution in [0.5, 0.6) is 0 Å². The summed E-state index contributed by atoms with van der Waals surface area (Å²) in [6.45, 7) is 0.131. The van der Waals surface area contributed by atoms with Gasteiger partial charge in [0.1, 0.15) is 29.7 Å². The van der Waals surface area contributed by atoms with Crippen LogP contribution >= 0.6 is 11.3 Å². The molecule has 0 aliphatic heterocycles. The number of imidazole rings is 1. The smallest absolute Gasteiger partial charge is 0.377 e. The number of alkyl halides is 3. The second-order valence-electron chi connectivity index (χ2n) is 8.22. The fourth-order valence-electron chi connectivity index (χ4n) is 3.75. The Kier molecular flexibility index (Phi) is 7.28. The summed E-state index contributed by atoms with van der Waals surface area (Å²) in [6.07, 6.45) is -2.29. The van der Waals surface area contributed by atoms with Crippen LogP contribution in [-0.2, 0) is 40.6 Å². The Labute approximate surface area is 215 Å². The van der Waals surface area contributed by atoms with Gasteiger partial charge in [0.15, 0.2) is 16.9 Å². The minimum Gasteiger partial charge on any atom is -0.377 e. The van der Waals surface area contributed by atoms with E-state index in [4.69, 9.17) is 4.74 Å². The maximum Gasteiger partial charge on any atom is 0.433 e. The number of rotatable bonds is 8. The number of nitrogens with one attached hydrogen (secondary N) is 1. The molecule has 0 spiro atoms. The minimum absolute atomic E-state index is 0.0318. The number of carbonyl (C=O) groups is 2. The quantitative estimate of drug-likeness (QED) is 0.348. The fraction of sp³-hybridized carbons (Fsp3) is 0.318. The van der Waals surface area contributed by atoms with Crippen LogP contribution in [0.3, 0.4) is 0 Å². The lowest BCUT2D eigenvalue weighted by Crippen LogP contribution is -2.42. The Balaban J connectivity index is 1.55. The van der Waals surface area contributed by atoms with Gasteiger partial charge in [-0.05, 0) is 18.6 Å². The van der Waals surface area contributed by atoms with E-state index in [-0.39, 0.29) is 35.7 Å². The highest BCUT2D eigenvalue weighted by Crippen LogP contribution is 2.33. The highest BCUT2D eigenvalue weighted by molar-refractivity contribution is 7.13. The first-order chi connectivity index (χ1) is 17.9. The Morgan fingerprint density at radius 1 is 1.18 bits per heavy atom. The second kappa shape index (κ2) is 10.3. The third-order valence-electron chi connectivity index (χ3n) is 5.42. The van der Waals surface area contributed by atoms with Crippen molar-refractivity contribution in [2.24, 2.45) is 7.05 Å². The molecule has 0 fully saturated rings. The lowest BCUT2D eigenvalue weighted by Gasteiger charge is -2.09. The zero-order valence-corrected chi connectivity index (χ0v) is 21.0. The first-order valence-corrected chi connectivity index (χ1v) is 11.7. The van der Waals surface area contributed by atoms with Gasteiger partial charge in [0.05, 0.1) is 12.9 Å². The SMILES string of the molecule is COCC(=O)Cn1c(=O)c2c(ncn2CC(=O)Nc2csc(-c3cnc(C(F)(F)F)c(C)c3)n2)n(C)c1=O. The number of pyridine rings is 1. The third kappa shape index (κ3) is 5.26. The van der Waals surface area contributed by atoms with E-state index in [0.29, 0.717) is 10.6 Å². The number of halogens is 3. The number of fused-ring (bicyclic) bond motifs is 1. The van der Waals surface area contributed by atoms with E-state index in [2.05, 4.69) is 20.3 Å². The number of ketones is 1. The van der Waals surface area contributed by atoms with Gasteiger partial charge in [-0.1, -0.05) is 0 Å². The van der Waals surface area contributed by atoms with Gasteiger partial charge >= 0.3 is 11.9 Å². The van der Waals surface area contributed by atoms with E-state index in [1.807, 2.05) is 0 Å². The number of thiazole rings is 1. The van der Waals surface area contributed by atoms with Crippen molar-refractivity contribution < 1.29 is 27.5 Å². The Hall–Kier alpha value is -4.18. The molecule has 4 heterocycles. The predicted molar refractivity (Wildman–Crippen MR) is 130 cm³/mol. The number of hydrogen-bond acceptors (Lipinski definition) is 9. The van der Waals surface area contributed by atoms with Gasteiger partial charge in [-0.2, -0.15) is 13.2 Å². The molecule has 4 aromatic rings. The van der Waals surface area contributed by atoms with Gasteiger partial charge in [-0.25, -0.2) is 14.8 Å². The summed E-state index contributed by atoms with van der Waals surface area (Å²) in [5, 5.41) is 4.41. The number of hydrogen-bond donors (Lipinski definition) is 1. The summed E-state index contributed by atoms with van der Waals surface area (Å²) < 4.78 is 46.7. The topological polar surface area (TPSA) is 143 Å². The summed E-state index contributed by atoms with van der Waals surface area (Å²) in [7, 11) is 2.69. The second-order valence-corrected chi connectivity index (χ2v) is 9.08. The summed E-state index contributed by atoms with van der Waals surface area (Å²) in [6, 6.07) is 1.31. The third-order valence-corrected chi connectivity index (χ3v) is 6.31. The molecule has 0 saturated heterocycles. The molecule has 0 aliphatic carbocycles. The molecule has 12 nitrogen and oxygen atoms in total. The molecule has 0 saturated carbocycles. The average molecular weight is 552 g/mol. The lowest BCUT2D eigenvalue weighted by molar-refractivity contribution is -0.141. The van der Waals surface area contributed by atoms with Crippen molar-refractivity contribution in [1.82, 2.24) is 28.7 Å². The monoisotopic (exact) mass is 551 g/mol. The molecule has 0 aromatic carbocycles. The van der Waals surface area contributed by atoms with Crippen molar-refractivity contribution in [3.63, 3.8) is 0 Å².